The summed E-state index contributed by atoms with van der Waals surface area (Å²) in [7, 11) is 0. The number of ketones is 1. The van der Waals surface area contributed by atoms with Crippen LogP contribution in [0.2, 0.25) is 0 Å². The topological polar surface area (TPSA) is 49.8 Å². The highest BCUT2D eigenvalue weighted by atomic mass is 19.4. The molecule has 2 aliphatic carbocycles. The van der Waals surface area contributed by atoms with Crippen molar-refractivity contribution < 1.29 is 45.4 Å². The predicted octanol–water partition coefficient (Wildman–Crippen LogP) is 6.65. The Hall–Kier alpha value is -2.92. The second-order valence-corrected chi connectivity index (χ2v) is 10.9. The maximum atomic E-state index is 13.8. The van der Waals surface area contributed by atoms with E-state index in [0.717, 1.165) is 11.3 Å². The van der Waals surface area contributed by atoms with E-state index in [0.29, 0.717) is 38.1 Å². The quantitative estimate of drug-likeness (QED) is 0.409. The lowest BCUT2D eigenvalue weighted by Gasteiger charge is -2.41. The number of fused-ring (bicyclic) bond motifs is 1. The van der Waals surface area contributed by atoms with Gasteiger partial charge in [0.1, 0.15) is 11.9 Å². The fraction of sp³-hybridized carbons (Fsp3) is 0.483. The maximum absolute atomic E-state index is 13.8. The van der Waals surface area contributed by atoms with Gasteiger partial charge in [-0.3, -0.25) is 4.79 Å². The molecular weight excluding hydrogens is 543 g/mol. The lowest BCUT2D eigenvalue weighted by molar-refractivity contribution is -0.143. The van der Waals surface area contributed by atoms with Crippen LogP contribution >= 0.6 is 0 Å². The molecule has 0 aromatic heterocycles. The van der Waals surface area contributed by atoms with Gasteiger partial charge in [-0.15, -0.1) is 0 Å². The number of aliphatic hydroxyl groups is 1. The first-order valence-corrected chi connectivity index (χ1v) is 13.1. The molecule has 1 N–H and O–H groups in total. The molecule has 2 fully saturated rings. The van der Waals surface area contributed by atoms with E-state index in [1.165, 1.54) is 25.1 Å². The lowest BCUT2D eigenvalue weighted by atomic mass is 9.69. The largest absolute Gasteiger partial charge is 0.416 e. The first kappa shape index (κ1) is 28.6. The second-order valence-electron chi connectivity index (χ2n) is 10.9. The van der Waals surface area contributed by atoms with Crippen LogP contribution in [0.1, 0.15) is 60.5 Å². The average molecular weight is 572 g/mol. The number of benzene rings is 2. The third-order valence-corrected chi connectivity index (χ3v) is 8.33. The van der Waals surface area contributed by atoms with E-state index in [-0.39, 0.29) is 41.6 Å². The summed E-state index contributed by atoms with van der Waals surface area (Å²) in [6.45, 7) is 2.59. The molecule has 1 aliphatic heterocycles. The van der Waals surface area contributed by atoms with Crippen LogP contribution in [0.4, 0.5) is 30.7 Å². The van der Waals surface area contributed by atoms with Gasteiger partial charge in [-0.05, 0) is 73.1 Å². The molecule has 2 aromatic carbocycles. The highest BCUT2D eigenvalue weighted by Gasteiger charge is 2.47. The Morgan fingerprint density at radius 2 is 1.57 bits per heavy atom. The number of nitrogens with zero attached hydrogens (tertiary/aromatic N) is 1. The molecule has 4 nitrogen and oxygen atoms in total. The Morgan fingerprint density at radius 1 is 0.950 bits per heavy atom. The van der Waals surface area contributed by atoms with Crippen molar-refractivity contribution in [3.05, 3.63) is 82.3 Å². The normalized spacial score (nSPS) is 28.0. The molecule has 1 heterocycles. The summed E-state index contributed by atoms with van der Waals surface area (Å²) in [4.78, 5) is 14.0. The van der Waals surface area contributed by atoms with Gasteiger partial charge in [-0.25, -0.2) is 4.39 Å². The van der Waals surface area contributed by atoms with E-state index < -0.39 is 47.6 Å². The van der Waals surface area contributed by atoms with Crippen molar-refractivity contribution in [2.45, 2.75) is 62.8 Å². The first-order chi connectivity index (χ1) is 18.7. The first-order valence-electron chi connectivity index (χ1n) is 13.1. The molecule has 1 saturated heterocycles. The minimum Gasteiger partial charge on any atom is -0.385 e. The smallest absolute Gasteiger partial charge is 0.385 e. The van der Waals surface area contributed by atoms with Crippen LogP contribution in [-0.2, 0) is 21.9 Å². The molecule has 216 valence electrons. The minimum absolute atomic E-state index is 0.0302. The van der Waals surface area contributed by atoms with Crippen LogP contribution in [0.3, 0.4) is 0 Å². The Balaban J connectivity index is 1.44. The zero-order valence-electron chi connectivity index (χ0n) is 21.5. The van der Waals surface area contributed by atoms with Gasteiger partial charge >= 0.3 is 12.4 Å². The number of aliphatic hydroxyl groups excluding tert-OH is 1. The molecule has 3 aliphatic rings. The summed E-state index contributed by atoms with van der Waals surface area (Å²) >= 11 is 0. The second kappa shape index (κ2) is 10.5. The van der Waals surface area contributed by atoms with Crippen molar-refractivity contribution in [2.75, 3.05) is 13.1 Å². The monoisotopic (exact) mass is 571 g/mol. The van der Waals surface area contributed by atoms with Crippen molar-refractivity contribution in [3.8, 4) is 0 Å². The Bertz CT molecular complexity index is 1260. The van der Waals surface area contributed by atoms with Gasteiger partial charge in [0.2, 0.25) is 0 Å². The SMILES string of the molecule is C[C@@H](O[C@H]1CCC2CN(C3=CC(=O)C(O)C3)CC2[C@@H]1c1ccc(F)cc1)c1cc(C(F)(F)F)cc(C(F)(F)F)c1. The van der Waals surface area contributed by atoms with Crippen LogP contribution in [0, 0.1) is 17.7 Å². The Morgan fingerprint density at radius 3 is 2.12 bits per heavy atom. The molecule has 0 amide bonds. The molecule has 11 heteroatoms. The fourth-order valence-electron chi connectivity index (χ4n) is 6.37. The molecule has 0 radical (unpaired) electrons. The molecule has 3 unspecified atom stereocenters. The molecule has 2 aromatic rings. The summed E-state index contributed by atoms with van der Waals surface area (Å²) in [6.07, 6.45) is -9.82. The third kappa shape index (κ3) is 5.76. The van der Waals surface area contributed by atoms with E-state index >= 15 is 0 Å². The lowest BCUT2D eigenvalue weighted by Crippen LogP contribution is -2.38. The summed E-state index contributed by atoms with van der Waals surface area (Å²) in [6, 6.07) is 7.33. The molecule has 0 spiro atoms. The summed E-state index contributed by atoms with van der Waals surface area (Å²) < 4.78 is 101. The number of carbonyl (C=O) groups excluding carboxylic acids is 1. The molecule has 0 bridgehead atoms. The highest BCUT2D eigenvalue weighted by Crippen LogP contribution is 2.49. The number of alkyl halides is 6. The summed E-state index contributed by atoms with van der Waals surface area (Å²) in [5, 5.41) is 9.91. The van der Waals surface area contributed by atoms with Crippen molar-refractivity contribution in [1.82, 2.24) is 4.90 Å². The Kier molecular flexibility index (Phi) is 7.50. The van der Waals surface area contributed by atoms with E-state index in [1.807, 2.05) is 4.90 Å². The zero-order chi connectivity index (χ0) is 29.0. The van der Waals surface area contributed by atoms with Crippen LogP contribution in [-0.4, -0.2) is 41.1 Å². The molecule has 5 rings (SSSR count). The maximum Gasteiger partial charge on any atom is 0.416 e. The van der Waals surface area contributed by atoms with Gasteiger partial charge in [-0.2, -0.15) is 26.3 Å². The van der Waals surface area contributed by atoms with E-state index in [4.69, 9.17) is 4.74 Å². The number of likely N-dealkylation sites (tertiary alicyclic amines) is 1. The van der Waals surface area contributed by atoms with Gasteiger partial charge in [0.15, 0.2) is 5.78 Å². The number of rotatable bonds is 5. The average Bonchev–Trinajstić information content (AvgIpc) is 3.46. The van der Waals surface area contributed by atoms with Gasteiger partial charge in [0, 0.05) is 37.2 Å². The summed E-state index contributed by atoms with van der Waals surface area (Å²) in [5.74, 6) is -0.972. The predicted molar refractivity (Wildman–Crippen MR) is 130 cm³/mol. The fourth-order valence-corrected chi connectivity index (χ4v) is 6.37. The molecular formula is C29H28F7NO3. The summed E-state index contributed by atoms with van der Waals surface area (Å²) in [5.41, 5.74) is -1.55. The Labute approximate surface area is 226 Å². The van der Waals surface area contributed by atoms with Gasteiger partial charge < -0.3 is 14.7 Å². The molecule has 40 heavy (non-hydrogen) atoms. The number of ether oxygens (including phenoxy) is 1. The van der Waals surface area contributed by atoms with Crippen molar-refractivity contribution in [2.24, 2.45) is 11.8 Å². The third-order valence-electron chi connectivity index (χ3n) is 8.33. The highest BCUT2D eigenvalue weighted by molar-refractivity contribution is 5.96. The van der Waals surface area contributed by atoms with Crippen molar-refractivity contribution >= 4 is 5.78 Å². The van der Waals surface area contributed by atoms with Crippen LogP contribution in [0.25, 0.3) is 0 Å². The molecule has 6 atom stereocenters. The van der Waals surface area contributed by atoms with E-state index in [1.54, 1.807) is 12.1 Å². The number of halogens is 7. The number of hydrogen-bond acceptors (Lipinski definition) is 4. The zero-order valence-corrected chi connectivity index (χ0v) is 21.5. The number of hydrogen-bond donors (Lipinski definition) is 1. The van der Waals surface area contributed by atoms with Crippen LogP contribution in [0.5, 0.6) is 0 Å². The van der Waals surface area contributed by atoms with Crippen molar-refractivity contribution in [3.63, 3.8) is 0 Å². The van der Waals surface area contributed by atoms with Gasteiger partial charge in [0.05, 0.1) is 23.3 Å². The number of carbonyl (C=O) groups is 1. The molecule has 1 saturated carbocycles. The van der Waals surface area contributed by atoms with Gasteiger partial charge in [0.25, 0.3) is 0 Å². The van der Waals surface area contributed by atoms with E-state index in [2.05, 4.69) is 0 Å². The van der Waals surface area contributed by atoms with Crippen LogP contribution in [0.15, 0.2) is 54.2 Å². The van der Waals surface area contributed by atoms with Crippen molar-refractivity contribution in [1.29, 1.82) is 0 Å². The van der Waals surface area contributed by atoms with E-state index in [9.17, 15) is 40.6 Å². The van der Waals surface area contributed by atoms with Gasteiger partial charge in [-0.1, -0.05) is 12.1 Å². The van der Waals surface area contributed by atoms with Crippen LogP contribution < -0.4 is 0 Å². The minimum atomic E-state index is -4.97. The standard InChI is InChI=1S/C29H28F7NO3/c1-15(18-8-19(28(31,32)33)10-20(9-18)29(34,35)36)40-26-7-4-17-13-37(22-11-24(38)25(39)12-22)14-23(17)27(26)16-2-5-21(30)6-3-16/h2-3,5-6,8-11,15,17,23,25-27,39H,4,7,12-14H2,1H3/t15-,17?,23?,25?,26+,27+/m1/s1.